The van der Waals surface area contributed by atoms with E-state index in [1.807, 2.05) is 0 Å². The molecule has 1 atom stereocenters. The molecule has 1 saturated heterocycles. The average molecular weight is 344 g/mol. The maximum absolute atomic E-state index is 12.4. The zero-order valence-electron chi connectivity index (χ0n) is 13.9. The normalized spacial score (nSPS) is 19.4. The summed E-state index contributed by atoms with van der Waals surface area (Å²) in [5.41, 5.74) is 0.415. The fraction of sp³-hybridized carbons (Fsp3) is 0.562. The highest BCUT2D eigenvalue weighted by Gasteiger charge is 2.32. The van der Waals surface area contributed by atoms with E-state index in [0.717, 1.165) is 26.1 Å². The second kappa shape index (κ2) is 8.23. The molecule has 0 radical (unpaired) electrons. The molecule has 1 aromatic carbocycles. The van der Waals surface area contributed by atoms with E-state index in [1.165, 1.54) is 12.1 Å². The van der Waals surface area contributed by atoms with E-state index < -0.39 is 6.36 Å². The van der Waals surface area contributed by atoms with Gasteiger partial charge in [-0.25, -0.2) is 0 Å². The summed E-state index contributed by atoms with van der Waals surface area (Å²) in [5.74, 6) is 0.908. The second-order valence-electron chi connectivity index (χ2n) is 5.88. The monoisotopic (exact) mass is 344 g/mol. The first kappa shape index (κ1) is 18.4. The molecule has 1 aromatic rings. The predicted molar refractivity (Wildman–Crippen MR) is 86.9 cm³/mol. The van der Waals surface area contributed by atoms with Gasteiger partial charge in [0.15, 0.2) is 5.96 Å². The number of para-hydroxylation sites is 1. The van der Waals surface area contributed by atoms with Crippen LogP contribution >= 0.6 is 0 Å². The topological polar surface area (TPSA) is 48.9 Å². The Labute approximate surface area is 139 Å². The van der Waals surface area contributed by atoms with E-state index in [0.29, 0.717) is 17.4 Å². The summed E-state index contributed by atoms with van der Waals surface area (Å²) in [6.45, 7) is 3.09. The van der Waals surface area contributed by atoms with Crippen LogP contribution in [0.15, 0.2) is 29.3 Å². The smallest absolute Gasteiger partial charge is 0.405 e. The Morgan fingerprint density at radius 2 is 2.08 bits per heavy atom. The van der Waals surface area contributed by atoms with Crippen molar-refractivity contribution in [2.45, 2.75) is 19.3 Å². The summed E-state index contributed by atoms with van der Waals surface area (Å²) in [6.07, 6.45) is -3.58. The molecule has 8 heteroatoms. The first-order valence-corrected chi connectivity index (χ1v) is 7.84. The molecule has 5 nitrogen and oxygen atoms in total. The number of benzene rings is 1. The van der Waals surface area contributed by atoms with Crippen LogP contribution in [0, 0.1) is 5.92 Å². The summed E-state index contributed by atoms with van der Waals surface area (Å²) in [5, 5.41) is 6.24. The van der Waals surface area contributed by atoms with Gasteiger partial charge in [-0.2, -0.15) is 0 Å². The van der Waals surface area contributed by atoms with Crippen LogP contribution < -0.4 is 15.4 Å². The van der Waals surface area contributed by atoms with E-state index in [-0.39, 0.29) is 12.3 Å². The fourth-order valence-electron chi connectivity index (χ4n) is 2.71. The zero-order chi connectivity index (χ0) is 17.6. The maximum atomic E-state index is 12.4. The number of guanidine groups is 1. The lowest BCUT2D eigenvalue weighted by molar-refractivity contribution is -0.274. The molecule has 1 heterocycles. The van der Waals surface area contributed by atoms with Gasteiger partial charge < -0.3 is 20.3 Å². The Morgan fingerprint density at radius 1 is 1.33 bits per heavy atom. The molecular formula is C16H23F3N4O. The number of ether oxygens (including phenoxy) is 1. The first-order valence-electron chi connectivity index (χ1n) is 7.84. The molecule has 134 valence electrons. The highest BCUT2D eigenvalue weighted by atomic mass is 19.4. The van der Waals surface area contributed by atoms with Crippen LogP contribution in [0.1, 0.15) is 12.0 Å². The van der Waals surface area contributed by atoms with Gasteiger partial charge in [-0.1, -0.05) is 18.2 Å². The number of rotatable bonds is 5. The number of halogens is 3. The Morgan fingerprint density at radius 3 is 2.71 bits per heavy atom. The summed E-state index contributed by atoms with van der Waals surface area (Å²) in [7, 11) is 3.72. The number of hydrogen-bond donors (Lipinski definition) is 2. The molecule has 0 amide bonds. The largest absolute Gasteiger partial charge is 0.573 e. The molecule has 0 saturated carbocycles. The lowest BCUT2D eigenvalue weighted by Crippen LogP contribution is -2.39. The fourth-order valence-corrected chi connectivity index (χ4v) is 2.71. The van der Waals surface area contributed by atoms with Gasteiger partial charge >= 0.3 is 6.36 Å². The van der Waals surface area contributed by atoms with E-state index >= 15 is 0 Å². The number of likely N-dealkylation sites (tertiary alicyclic amines) is 1. The van der Waals surface area contributed by atoms with Crippen molar-refractivity contribution in [2.75, 3.05) is 33.7 Å². The van der Waals surface area contributed by atoms with Gasteiger partial charge in [0.25, 0.3) is 0 Å². The van der Waals surface area contributed by atoms with Gasteiger partial charge in [-0.15, -0.1) is 13.2 Å². The minimum absolute atomic E-state index is 0.191. The van der Waals surface area contributed by atoms with Crippen LogP contribution in [0.4, 0.5) is 13.2 Å². The molecule has 0 aliphatic carbocycles. The highest BCUT2D eigenvalue weighted by Crippen LogP contribution is 2.26. The van der Waals surface area contributed by atoms with Crippen molar-refractivity contribution in [3.05, 3.63) is 29.8 Å². The van der Waals surface area contributed by atoms with E-state index in [4.69, 9.17) is 0 Å². The van der Waals surface area contributed by atoms with Crippen molar-refractivity contribution in [1.29, 1.82) is 0 Å². The predicted octanol–water partition coefficient (Wildman–Crippen LogP) is 2.20. The summed E-state index contributed by atoms with van der Waals surface area (Å²) in [4.78, 5) is 6.38. The molecule has 2 rings (SSSR count). The molecule has 24 heavy (non-hydrogen) atoms. The minimum Gasteiger partial charge on any atom is -0.405 e. The quantitative estimate of drug-likeness (QED) is 0.635. The van der Waals surface area contributed by atoms with Gasteiger partial charge in [-0.3, -0.25) is 4.99 Å². The number of alkyl halides is 3. The standard InChI is InChI=1S/C16H23F3N4O/c1-20-15(21-9-12-7-8-23(2)11-12)22-10-13-5-3-4-6-14(13)24-16(17,18)19/h3-6,12H,7-11H2,1-2H3,(H2,20,21,22). The molecular weight excluding hydrogens is 321 g/mol. The summed E-state index contributed by atoms with van der Waals surface area (Å²) in [6, 6.07) is 6.07. The second-order valence-corrected chi connectivity index (χ2v) is 5.88. The number of nitrogens with one attached hydrogen (secondary N) is 2. The van der Waals surface area contributed by atoms with Crippen LogP contribution in [-0.2, 0) is 6.54 Å². The molecule has 1 aliphatic rings. The summed E-state index contributed by atoms with van der Waals surface area (Å²) < 4.78 is 41.3. The van der Waals surface area contributed by atoms with Gasteiger partial charge in [0.05, 0.1) is 0 Å². The van der Waals surface area contributed by atoms with E-state index in [2.05, 4.69) is 32.3 Å². The van der Waals surface area contributed by atoms with Crippen molar-refractivity contribution in [2.24, 2.45) is 10.9 Å². The molecule has 1 unspecified atom stereocenters. The van der Waals surface area contributed by atoms with Gasteiger partial charge in [-0.05, 0) is 32.0 Å². The van der Waals surface area contributed by atoms with Crippen LogP contribution in [0.2, 0.25) is 0 Å². The number of aliphatic imine (C=N–C) groups is 1. The molecule has 1 aliphatic heterocycles. The lowest BCUT2D eigenvalue weighted by atomic mass is 10.1. The minimum atomic E-state index is -4.70. The number of nitrogens with zero attached hydrogens (tertiary/aromatic N) is 2. The molecule has 1 fully saturated rings. The number of hydrogen-bond acceptors (Lipinski definition) is 3. The first-order chi connectivity index (χ1) is 11.4. The van der Waals surface area contributed by atoms with E-state index in [9.17, 15) is 13.2 Å². The van der Waals surface area contributed by atoms with Crippen LogP contribution in [0.5, 0.6) is 5.75 Å². The van der Waals surface area contributed by atoms with Crippen LogP contribution in [0.25, 0.3) is 0 Å². The molecule has 0 aromatic heterocycles. The average Bonchev–Trinajstić information content (AvgIpc) is 2.93. The molecule has 2 N–H and O–H groups in total. The van der Waals surface area contributed by atoms with Gasteiger partial charge in [0.2, 0.25) is 0 Å². The highest BCUT2D eigenvalue weighted by molar-refractivity contribution is 5.79. The Bertz CT molecular complexity index is 562. The third kappa shape index (κ3) is 5.92. The van der Waals surface area contributed by atoms with Crippen molar-refractivity contribution in [1.82, 2.24) is 15.5 Å². The Hall–Kier alpha value is -1.96. The third-order valence-electron chi connectivity index (χ3n) is 3.92. The van der Waals surface area contributed by atoms with Crippen molar-refractivity contribution in [3.63, 3.8) is 0 Å². The maximum Gasteiger partial charge on any atom is 0.573 e. The van der Waals surface area contributed by atoms with Crippen molar-refractivity contribution in [3.8, 4) is 5.75 Å². The van der Waals surface area contributed by atoms with Crippen molar-refractivity contribution >= 4 is 5.96 Å². The SMILES string of the molecule is CN=C(NCc1ccccc1OC(F)(F)F)NCC1CCN(C)C1. The lowest BCUT2D eigenvalue weighted by Gasteiger charge is -2.17. The third-order valence-corrected chi connectivity index (χ3v) is 3.92. The molecule has 0 bridgehead atoms. The van der Waals surface area contributed by atoms with Gasteiger partial charge in [0.1, 0.15) is 5.75 Å². The van der Waals surface area contributed by atoms with Crippen LogP contribution in [-0.4, -0.2) is 51.0 Å². The van der Waals surface area contributed by atoms with Crippen molar-refractivity contribution < 1.29 is 17.9 Å². The summed E-state index contributed by atoms with van der Waals surface area (Å²) >= 11 is 0. The van der Waals surface area contributed by atoms with Gasteiger partial charge in [0, 0.05) is 32.2 Å². The Kier molecular flexibility index (Phi) is 6.30. The Balaban J connectivity index is 1.87. The zero-order valence-corrected chi connectivity index (χ0v) is 13.9. The van der Waals surface area contributed by atoms with E-state index in [1.54, 1.807) is 19.2 Å². The van der Waals surface area contributed by atoms with Crippen LogP contribution in [0.3, 0.4) is 0 Å². The molecule has 0 spiro atoms.